The van der Waals surface area contributed by atoms with E-state index in [-0.39, 0.29) is 11.8 Å². The van der Waals surface area contributed by atoms with Crippen molar-refractivity contribution in [2.45, 2.75) is 12.8 Å². The Labute approximate surface area is 138 Å². The molecule has 2 N–H and O–H groups in total. The largest absolute Gasteiger partial charge is 0.322 e. The maximum absolute atomic E-state index is 12.5. The third-order valence-corrected chi connectivity index (χ3v) is 3.80. The lowest BCUT2D eigenvalue weighted by Gasteiger charge is -2.12. The van der Waals surface area contributed by atoms with Crippen LogP contribution in [0.25, 0.3) is 11.4 Å². The minimum absolute atomic E-state index is 0.133. The average molecular weight is 327 g/mol. The third kappa shape index (κ3) is 3.40. The highest BCUT2D eigenvalue weighted by Gasteiger charge is 2.18. The molecule has 5 nitrogen and oxygen atoms in total. The topological polar surface area (TPSA) is 70.7 Å². The second kappa shape index (κ2) is 6.62. The van der Waals surface area contributed by atoms with Gasteiger partial charge in [0.25, 0.3) is 0 Å². The zero-order valence-electron chi connectivity index (χ0n) is 12.5. The van der Waals surface area contributed by atoms with Gasteiger partial charge in [-0.3, -0.25) is 14.9 Å². The van der Waals surface area contributed by atoms with Crippen molar-refractivity contribution in [3.05, 3.63) is 65.4 Å². The van der Waals surface area contributed by atoms with Crippen LogP contribution in [0.3, 0.4) is 0 Å². The summed E-state index contributed by atoms with van der Waals surface area (Å²) in [7, 11) is 0. The second-order valence-electron chi connectivity index (χ2n) is 5.14. The first kappa shape index (κ1) is 15.2. The maximum Gasteiger partial charge on any atom is 0.231 e. The van der Waals surface area contributed by atoms with Crippen LogP contribution in [0, 0.1) is 0 Å². The number of carbonyl (C=O) groups is 1. The molecule has 23 heavy (non-hydrogen) atoms. The van der Waals surface area contributed by atoms with Crippen LogP contribution in [0.5, 0.6) is 0 Å². The number of nitrogens with one attached hydrogen (secondary N) is 2. The number of rotatable bonds is 4. The molecule has 0 bridgehead atoms. The highest BCUT2D eigenvalue weighted by atomic mass is 35.5. The Bertz CT molecular complexity index is 816. The number of hydrogen-bond donors (Lipinski definition) is 2. The molecule has 6 heteroatoms. The Hall–Kier alpha value is -2.66. The van der Waals surface area contributed by atoms with Crippen LogP contribution in [-0.4, -0.2) is 21.1 Å². The summed E-state index contributed by atoms with van der Waals surface area (Å²) < 4.78 is 0. The van der Waals surface area contributed by atoms with Crippen molar-refractivity contribution in [3.63, 3.8) is 0 Å². The highest BCUT2D eigenvalue weighted by Crippen LogP contribution is 2.26. The molecule has 2 aromatic heterocycles. The van der Waals surface area contributed by atoms with Gasteiger partial charge in [-0.15, -0.1) is 0 Å². The Morgan fingerprint density at radius 1 is 1.26 bits per heavy atom. The molecule has 2 heterocycles. The number of halogens is 1. The standard InChI is InChI=1S/C17H15ClN4O/c1-11(12-5-4-6-13(18)9-12)17(23)21-15-10-20-22-16(15)14-7-2-3-8-19-14/h2-11H,1H3,(H,20,22)(H,21,23). The van der Waals surface area contributed by atoms with Gasteiger partial charge in [0.2, 0.25) is 5.91 Å². The van der Waals surface area contributed by atoms with Crippen LogP contribution < -0.4 is 5.32 Å². The summed E-state index contributed by atoms with van der Waals surface area (Å²) in [4.78, 5) is 16.8. The number of aromatic nitrogens is 3. The molecule has 0 saturated heterocycles. The van der Waals surface area contributed by atoms with Crippen LogP contribution in [0.1, 0.15) is 18.4 Å². The lowest BCUT2D eigenvalue weighted by molar-refractivity contribution is -0.117. The zero-order chi connectivity index (χ0) is 16.2. The highest BCUT2D eigenvalue weighted by molar-refractivity contribution is 6.30. The molecule has 116 valence electrons. The van der Waals surface area contributed by atoms with Crippen molar-refractivity contribution in [2.24, 2.45) is 0 Å². The number of anilines is 1. The van der Waals surface area contributed by atoms with E-state index in [0.29, 0.717) is 16.4 Å². The first-order valence-electron chi connectivity index (χ1n) is 7.16. The summed E-state index contributed by atoms with van der Waals surface area (Å²) in [5.74, 6) is -0.467. The fraction of sp³-hybridized carbons (Fsp3) is 0.118. The summed E-state index contributed by atoms with van der Waals surface area (Å²) in [6.07, 6.45) is 3.27. The molecular weight excluding hydrogens is 312 g/mol. The Morgan fingerprint density at radius 3 is 2.87 bits per heavy atom. The molecule has 0 aliphatic heterocycles. The molecule has 1 atom stereocenters. The van der Waals surface area contributed by atoms with Gasteiger partial charge in [0.05, 0.1) is 23.5 Å². The van der Waals surface area contributed by atoms with E-state index in [9.17, 15) is 4.79 Å². The second-order valence-corrected chi connectivity index (χ2v) is 5.58. The van der Waals surface area contributed by atoms with Crippen LogP contribution in [0.15, 0.2) is 54.9 Å². The van der Waals surface area contributed by atoms with Gasteiger partial charge in [-0.25, -0.2) is 0 Å². The summed E-state index contributed by atoms with van der Waals surface area (Å²) >= 11 is 5.99. The number of amides is 1. The Morgan fingerprint density at radius 2 is 2.13 bits per heavy atom. The van der Waals surface area contributed by atoms with Crippen molar-refractivity contribution >= 4 is 23.2 Å². The van der Waals surface area contributed by atoms with Gasteiger partial charge in [-0.05, 0) is 36.8 Å². The summed E-state index contributed by atoms with van der Waals surface area (Å²) in [6, 6.07) is 12.8. The molecule has 1 unspecified atom stereocenters. The lowest BCUT2D eigenvalue weighted by Crippen LogP contribution is -2.19. The van der Waals surface area contributed by atoms with Crippen molar-refractivity contribution in [1.29, 1.82) is 0 Å². The van der Waals surface area contributed by atoms with Crippen LogP contribution >= 0.6 is 11.6 Å². The normalized spacial score (nSPS) is 11.9. The van der Waals surface area contributed by atoms with Gasteiger partial charge in [0.15, 0.2) is 0 Å². The van der Waals surface area contributed by atoms with E-state index >= 15 is 0 Å². The molecule has 0 spiro atoms. The number of pyridine rings is 1. The molecule has 3 aromatic rings. The Balaban J connectivity index is 1.80. The van der Waals surface area contributed by atoms with Crippen LogP contribution in [0.4, 0.5) is 5.69 Å². The molecule has 0 saturated carbocycles. The number of aromatic amines is 1. The monoisotopic (exact) mass is 326 g/mol. The van der Waals surface area contributed by atoms with E-state index in [1.165, 1.54) is 0 Å². The van der Waals surface area contributed by atoms with E-state index in [4.69, 9.17) is 11.6 Å². The minimum Gasteiger partial charge on any atom is -0.322 e. The summed E-state index contributed by atoms with van der Waals surface area (Å²) in [5, 5.41) is 10.4. The van der Waals surface area contributed by atoms with Gasteiger partial charge in [0, 0.05) is 11.2 Å². The third-order valence-electron chi connectivity index (χ3n) is 3.56. The summed E-state index contributed by atoms with van der Waals surface area (Å²) in [5.41, 5.74) is 2.86. The molecule has 3 rings (SSSR count). The van der Waals surface area contributed by atoms with Crippen molar-refractivity contribution in [3.8, 4) is 11.4 Å². The molecule has 0 aliphatic carbocycles. The minimum atomic E-state index is -0.333. The number of H-pyrrole nitrogens is 1. The number of nitrogens with zero attached hydrogens (tertiary/aromatic N) is 2. The van der Waals surface area contributed by atoms with E-state index in [1.807, 2.05) is 37.3 Å². The molecule has 0 radical (unpaired) electrons. The first-order chi connectivity index (χ1) is 11.1. The fourth-order valence-corrected chi connectivity index (χ4v) is 2.45. The maximum atomic E-state index is 12.5. The average Bonchev–Trinajstić information content (AvgIpc) is 3.03. The summed E-state index contributed by atoms with van der Waals surface area (Å²) in [6.45, 7) is 1.83. The van der Waals surface area contributed by atoms with E-state index in [0.717, 1.165) is 11.3 Å². The number of benzene rings is 1. The number of carbonyl (C=O) groups excluding carboxylic acids is 1. The Kier molecular flexibility index (Phi) is 4.39. The SMILES string of the molecule is CC(C(=O)Nc1cn[nH]c1-c1ccccn1)c1cccc(Cl)c1. The first-order valence-corrected chi connectivity index (χ1v) is 7.54. The van der Waals surface area contributed by atoms with Gasteiger partial charge >= 0.3 is 0 Å². The van der Waals surface area contributed by atoms with Crippen molar-refractivity contribution in [1.82, 2.24) is 15.2 Å². The molecule has 0 aliphatic rings. The van der Waals surface area contributed by atoms with Gasteiger partial charge in [-0.2, -0.15) is 5.10 Å². The molecule has 0 fully saturated rings. The van der Waals surface area contributed by atoms with Crippen molar-refractivity contribution in [2.75, 3.05) is 5.32 Å². The van der Waals surface area contributed by atoms with E-state index < -0.39 is 0 Å². The van der Waals surface area contributed by atoms with Crippen LogP contribution in [0.2, 0.25) is 5.02 Å². The quantitative estimate of drug-likeness (QED) is 0.764. The molecule has 1 amide bonds. The smallest absolute Gasteiger partial charge is 0.231 e. The van der Waals surface area contributed by atoms with Gasteiger partial charge in [0.1, 0.15) is 5.69 Å². The van der Waals surface area contributed by atoms with Crippen LogP contribution in [-0.2, 0) is 4.79 Å². The van der Waals surface area contributed by atoms with Gasteiger partial charge in [-0.1, -0.05) is 29.8 Å². The van der Waals surface area contributed by atoms with Gasteiger partial charge < -0.3 is 5.32 Å². The number of hydrogen-bond acceptors (Lipinski definition) is 3. The van der Waals surface area contributed by atoms with E-state index in [1.54, 1.807) is 24.5 Å². The fourth-order valence-electron chi connectivity index (χ4n) is 2.26. The lowest BCUT2D eigenvalue weighted by atomic mass is 10.0. The predicted octanol–water partition coefficient (Wildman–Crippen LogP) is 3.87. The molecular formula is C17H15ClN4O. The zero-order valence-corrected chi connectivity index (χ0v) is 13.2. The predicted molar refractivity (Wildman–Crippen MR) is 90.3 cm³/mol. The molecule has 1 aromatic carbocycles. The van der Waals surface area contributed by atoms with Crippen molar-refractivity contribution < 1.29 is 4.79 Å². The van der Waals surface area contributed by atoms with E-state index in [2.05, 4.69) is 20.5 Å².